The van der Waals surface area contributed by atoms with Crippen molar-refractivity contribution >= 4 is 11.7 Å². The summed E-state index contributed by atoms with van der Waals surface area (Å²) in [7, 11) is 0. The van der Waals surface area contributed by atoms with Crippen molar-refractivity contribution in [2.24, 2.45) is 11.7 Å². The molecule has 21 heavy (non-hydrogen) atoms. The number of nitrogens with zero attached hydrogens (tertiary/aromatic N) is 2. The largest absolute Gasteiger partial charge is 0.366 e. The van der Waals surface area contributed by atoms with Gasteiger partial charge in [0.25, 0.3) is 0 Å². The van der Waals surface area contributed by atoms with Gasteiger partial charge in [-0.25, -0.2) is 4.98 Å². The average molecular weight is 290 g/mol. The Morgan fingerprint density at radius 3 is 2.67 bits per heavy atom. The van der Waals surface area contributed by atoms with Crippen LogP contribution in [0.4, 0.5) is 5.82 Å². The second-order valence-corrected chi connectivity index (χ2v) is 6.16. The number of carbonyl (C=O) groups is 1. The Labute approximate surface area is 126 Å². The number of rotatable bonds is 5. The number of pyridine rings is 1. The zero-order valence-electron chi connectivity index (χ0n) is 13.2. The quantitative estimate of drug-likeness (QED) is 0.866. The van der Waals surface area contributed by atoms with Crippen LogP contribution in [0.2, 0.25) is 0 Å². The molecular formula is C16H26N4O. The van der Waals surface area contributed by atoms with Crippen LogP contribution in [0.3, 0.4) is 0 Å². The average Bonchev–Trinajstić information content (AvgIpc) is 2.44. The third kappa shape index (κ3) is 4.17. The Kier molecular flexibility index (Phi) is 5.17. The van der Waals surface area contributed by atoms with E-state index in [0.717, 1.165) is 31.1 Å². The van der Waals surface area contributed by atoms with Gasteiger partial charge in [0.05, 0.1) is 0 Å². The van der Waals surface area contributed by atoms with E-state index in [0.29, 0.717) is 17.5 Å². The van der Waals surface area contributed by atoms with E-state index in [-0.39, 0.29) is 0 Å². The molecule has 1 aromatic heterocycles. The van der Waals surface area contributed by atoms with Crippen molar-refractivity contribution in [3.05, 3.63) is 23.4 Å². The van der Waals surface area contributed by atoms with E-state index in [1.165, 1.54) is 12.8 Å². The molecule has 0 spiro atoms. The molecule has 0 bridgehead atoms. The van der Waals surface area contributed by atoms with Crippen molar-refractivity contribution in [1.29, 1.82) is 0 Å². The molecule has 0 atom stereocenters. The Balaban J connectivity index is 2.22. The van der Waals surface area contributed by atoms with E-state index < -0.39 is 5.91 Å². The van der Waals surface area contributed by atoms with Gasteiger partial charge in [0.2, 0.25) is 5.91 Å². The number of piperidine rings is 1. The maximum absolute atomic E-state index is 11.5. The van der Waals surface area contributed by atoms with Gasteiger partial charge >= 0.3 is 0 Å². The maximum atomic E-state index is 11.5. The first-order chi connectivity index (χ1) is 9.97. The summed E-state index contributed by atoms with van der Waals surface area (Å²) >= 11 is 0. The summed E-state index contributed by atoms with van der Waals surface area (Å²) in [5.74, 6) is 1.14. The van der Waals surface area contributed by atoms with Gasteiger partial charge in [-0.3, -0.25) is 4.79 Å². The van der Waals surface area contributed by atoms with Crippen LogP contribution in [0.15, 0.2) is 12.1 Å². The van der Waals surface area contributed by atoms with Crippen molar-refractivity contribution < 1.29 is 4.79 Å². The molecule has 3 N–H and O–H groups in total. The van der Waals surface area contributed by atoms with E-state index in [4.69, 9.17) is 5.73 Å². The molecule has 1 amide bonds. The third-order valence-electron chi connectivity index (χ3n) is 4.06. The fourth-order valence-electron chi connectivity index (χ4n) is 2.85. The van der Waals surface area contributed by atoms with Crippen LogP contribution < -0.4 is 16.0 Å². The first kappa shape index (κ1) is 15.8. The molecule has 1 aliphatic heterocycles. The SMILES string of the molecule is Cc1cc(C(N)=O)cc(N(CC2CCNCC2)C(C)C)n1. The number of primary amides is 1. The van der Waals surface area contributed by atoms with Crippen LogP contribution in [0.5, 0.6) is 0 Å². The number of anilines is 1. The molecule has 0 aliphatic carbocycles. The Hall–Kier alpha value is -1.62. The first-order valence-corrected chi connectivity index (χ1v) is 7.73. The molecule has 5 heteroatoms. The summed E-state index contributed by atoms with van der Waals surface area (Å²) in [6, 6.07) is 3.90. The van der Waals surface area contributed by atoms with Gasteiger partial charge in [-0.05, 0) is 64.8 Å². The molecule has 0 radical (unpaired) electrons. The maximum Gasteiger partial charge on any atom is 0.248 e. The van der Waals surface area contributed by atoms with Crippen molar-refractivity contribution in [3.8, 4) is 0 Å². The Morgan fingerprint density at radius 1 is 1.43 bits per heavy atom. The molecule has 2 heterocycles. The minimum Gasteiger partial charge on any atom is -0.366 e. The zero-order chi connectivity index (χ0) is 15.4. The summed E-state index contributed by atoms with van der Waals surface area (Å²) in [5.41, 5.74) is 6.78. The topological polar surface area (TPSA) is 71.2 Å². The normalized spacial score (nSPS) is 16.2. The predicted octanol–water partition coefficient (Wildman–Crippen LogP) is 1.70. The number of nitrogens with one attached hydrogen (secondary N) is 1. The number of hydrogen-bond acceptors (Lipinski definition) is 4. The molecule has 5 nitrogen and oxygen atoms in total. The van der Waals surface area contributed by atoms with Gasteiger partial charge in [0.1, 0.15) is 5.82 Å². The first-order valence-electron chi connectivity index (χ1n) is 7.73. The molecule has 0 unspecified atom stereocenters. The number of carbonyl (C=O) groups excluding carboxylic acids is 1. The van der Waals surface area contributed by atoms with E-state index in [1.807, 2.05) is 13.0 Å². The van der Waals surface area contributed by atoms with Gasteiger partial charge in [-0.15, -0.1) is 0 Å². The minimum atomic E-state index is -0.396. The lowest BCUT2D eigenvalue weighted by Gasteiger charge is -2.34. The summed E-state index contributed by atoms with van der Waals surface area (Å²) < 4.78 is 0. The summed E-state index contributed by atoms with van der Waals surface area (Å²) in [6.07, 6.45) is 2.38. The van der Waals surface area contributed by atoms with Crippen molar-refractivity contribution in [2.75, 3.05) is 24.5 Å². The van der Waals surface area contributed by atoms with Gasteiger partial charge in [-0.2, -0.15) is 0 Å². The highest BCUT2D eigenvalue weighted by Gasteiger charge is 2.21. The molecule has 1 aliphatic rings. The molecule has 0 saturated carbocycles. The molecular weight excluding hydrogens is 264 g/mol. The van der Waals surface area contributed by atoms with E-state index in [9.17, 15) is 4.79 Å². The van der Waals surface area contributed by atoms with Crippen LogP contribution >= 0.6 is 0 Å². The van der Waals surface area contributed by atoms with Gasteiger partial charge in [0.15, 0.2) is 0 Å². The lowest BCUT2D eigenvalue weighted by molar-refractivity contribution is 0.1000. The number of nitrogens with two attached hydrogens (primary N) is 1. The highest BCUT2D eigenvalue weighted by atomic mass is 16.1. The molecule has 1 saturated heterocycles. The zero-order valence-corrected chi connectivity index (χ0v) is 13.2. The van der Waals surface area contributed by atoms with E-state index in [1.54, 1.807) is 6.07 Å². The lowest BCUT2D eigenvalue weighted by Crippen LogP contribution is -2.40. The van der Waals surface area contributed by atoms with Gasteiger partial charge < -0.3 is 16.0 Å². The van der Waals surface area contributed by atoms with E-state index in [2.05, 4.69) is 29.0 Å². The Bertz CT molecular complexity index is 495. The lowest BCUT2D eigenvalue weighted by atomic mass is 9.97. The number of amides is 1. The van der Waals surface area contributed by atoms with E-state index >= 15 is 0 Å². The van der Waals surface area contributed by atoms with Crippen molar-refractivity contribution in [1.82, 2.24) is 10.3 Å². The third-order valence-corrected chi connectivity index (χ3v) is 4.06. The molecule has 1 aromatic rings. The molecule has 1 fully saturated rings. The summed E-state index contributed by atoms with van der Waals surface area (Å²) in [5, 5.41) is 3.39. The smallest absolute Gasteiger partial charge is 0.248 e. The van der Waals surface area contributed by atoms with Crippen LogP contribution in [0.1, 0.15) is 42.7 Å². The van der Waals surface area contributed by atoms with Crippen molar-refractivity contribution in [2.45, 2.75) is 39.7 Å². The predicted molar refractivity (Wildman–Crippen MR) is 85.6 cm³/mol. The molecule has 2 rings (SSSR count). The van der Waals surface area contributed by atoms with Crippen molar-refractivity contribution in [3.63, 3.8) is 0 Å². The monoisotopic (exact) mass is 290 g/mol. The van der Waals surface area contributed by atoms with Crippen LogP contribution in [0.25, 0.3) is 0 Å². The van der Waals surface area contributed by atoms with Gasteiger partial charge in [0, 0.05) is 23.8 Å². The summed E-state index contributed by atoms with van der Waals surface area (Å²) in [4.78, 5) is 18.3. The number of aromatic nitrogens is 1. The van der Waals surface area contributed by atoms with Crippen LogP contribution in [0, 0.1) is 12.8 Å². The minimum absolute atomic E-state index is 0.343. The highest BCUT2D eigenvalue weighted by Crippen LogP contribution is 2.22. The Morgan fingerprint density at radius 2 is 2.10 bits per heavy atom. The number of hydrogen-bond donors (Lipinski definition) is 2. The second-order valence-electron chi connectivity index (χ2n) is 6.16. The number of aryl methyl sites for hydroxylation is 1. The van der Waals surface area contributed by atoms with Gasteiger partial charge in [-0.1, -0.05) is 0 Å². The fraction of sp³-hybridized carbons (Fsp3) is 0.625. The second kappa shape index (κ2) is 6.89. The highest BCUT2D eigenvalue weighted by molar-refractivity contribution is 5.93. The summed E-state index contributed by atoms with van der Waals surface area (Å²) in [6.45, 7) is 9.38. The standard InChI is InChI=1S/C16H26N4O/c1-11(2)20(10-13-4-6-18-7-5-13)15-9-14(16(17)21)8-12(3)19-15/h8-9,11,13,18H,4-7,10H2,1-3H3,(H2,17,21). The molecule has 116 valence electrons. The fourth-order valence-corrected chi connectivity index (χ4v) is 2.85. The molecule has 0 aromatic carbocycles. The van der Waals surface area contributed by atoms with Crippen LogP contribution in [-0.2, 0) is 0 Å². The van der Waals surface area contributed by atoms with Crippen LogP contribution in [-0.4, -0.2) is 36.6 Å².